The van der Waals surface area contributed by atoms with Crippen LogP contribution in [0.1, 0.15) is 31.9 Å². The summed E-state index contributed by atoms with van der Waals surface area (Å²) >= 11 is 0. The molecule has 5 heteroatoms. The molecule has 28 heavy (non-hydrogen) atoms. The van der Waals surface area contributed by atoms with E-state index in [0.29, 0.717) is 30.7 Å². The number of aromatic nitrogens is 1. The molecule has 5 nitrogen and oxygen atoms in total. The van der Waals surface area contributed by atoms with E-state index in [1.807, 2.05) is 87.5 Å². The molecule has 1 N–H and O–H groups in total. The van der Waals surface area contributed by atoms with Crippen molar-refractivity contribution in [2.75, 3.05) is 5.48 Å². The Morgan fingerprint density at radius 2 is 1.32 bits per heavy atom. The largest absolute Gasteiger partial charge is 0.473 e. The second-order valence-corrected chi connectivity index (χ2v) is 7.37. The zero-order valence-corrected chi connectivity index (χ0v) is 16.5. The van der Waals surface area contributed by atoms with Crippen LogP contribution in [0.5, 0.6) is 11.8 Å². The van der Waals surface area contributed by atoms with Gasteiger partial charge in [0.1, 0.15) is 18.9 Å². The standard InChI is InChI=1S/C23H26N2O3/c1-23(2,3)28-25-20-14-15-21(26-16-18-10-6-4-7-11-18)24-22(20)27-17-19-12-8-5-9-13-19/h4-15,25H,16-17H2,1-3H3. The predicted molar refractivity (Wildman–Crippen MR) is 110 cm³/mol. The summed E-state index contributed by atoms with van der Waals surface area (Å²) in [5.74, 6) is 0.923. The van der Waals surface area contributed by atoms with E-state index in [4.69, 9.17) is 14.3 Å². The number of hydrogen-bond acceptors (Lipinski definition) is 5. The number of ether oxygens (including phenoxy) is 2. The lowest BCUT2D eigenvalue weighted by atomic mass is 10.2. The Hall–Kier alpha value is -3.05. The summed E-state index contributed by atoms with van der Waals surface area (Å²) in [6.07, 6.45) is 0. The van der Waals surface area contributed by atoms with Crippen LogP contribution < -0.4 is 15.0 Å². The molecule has 0 fully saturated rings. The smallest absolute Gasteiger partial charge is 0.243 e. The maximum Gasteiger partial charge on any atom is 0.243 e. The fraction of sp³-hybridized carbons (Fsp3) is 0.261. The molecule has 0 aliphatic rings. The summed E-state index contributed by atoms with van der Waals surface area (Å²) in [6.45, 7) is 6.75. The van der Waals surface area contributed by atoms with Crippen molar-refractivity contribution in [2.24, 2.45) is 0 Å². The third-order valence-electron chi connectivity index (χ3n) is 3.75. The van der Waals surface area contributed by atoms with E-state index in [2.05, 4.69) is 10.5 Å². The molecule has 2 aromatic carbocycles. The third kappa shape index (κ3) is 6.28. The van der Waals surface area contributed by atoms with Gasteiger partial charge in [0.2, 0.25) is 11.8 Å². The molecule has 0 saturated heterocycles. The van der Waals surface area contributed by atoms with E-state index in [-0.39, 0.29) is 5.60 Å². The van der Waals surface area contributed by atoms with Gasteiger partial charge in [-0.2, -0.15) is 4.98 Å². The highest BCUT2D eigenvalue weighted by Gasteiger charge is 2.14. The summed E-state index contributed by atoms with van der Waals surface area (Å²) in [6, 6.07) is 23.6. The van der Waals surface area contributed by atoms with Gasteiger partial charge in [0.05, 0.1) is 5.60 Å². The van der Waals surface area contributed by atoms with Gasteiger partial charge in [-0.1, -0.05) is 60.7 Å². The second kappa shape index (κ2) is 9.24. The van der Waals surface area contributed by atoms with Crippen molar-refractivity contribution in [3.8, 4) is 11.8 Å². The quantitative estimate of drug-likeness (QED) is 0.533. The first-order valence-corrected chi connectivity index (χ1v) is 9.28. The van der Waals surface area contributed by atoms with Gasteiger partial charge in [0.15, 0.2) is 0 Å². The number of nitrogens with zero attached hydrogens (tertiary/aromatic N) is 1. The third-order valence-corrected chi connectivity index (χ3v) is 3.75. The first-order chi connectivity index (χ1) is 13.5. The minimum Gasteiger partial charge on any atom is -0.473 e. The van der Waals surface area contributed by atoms with Crippen molar-refractivity contribution in [1.29, 1.82) is 0 Å². The maximum atomic E-state index is 5.95. The molecular weight excluding hydrogens is 352 g/mol. The number of anilines is 1. The number of pyridine rings is 1. The SMILES string of the molecule is CC(C)(C)ONc1ccc(OCc2ccccc2)nc1OCc1ccccc1. The minimum atomic E-state index is -0.348. The number of benzene rings is 2. The van der Waals surface area contributed by atoms with Gasteiger partial charge in [0.25, 0.3) is 0 Å². The lowest BCUT2D eigenvalue weighted by Crippen LogP contribution is -2.23. The van der Waals surface area contributed by atoms with Crippen molar-refractivity contribution in [3.63, 3.8) is 0 Å². The van der Waals surface area contributed by atoms with Crippen LogP contribution in [0.3, 0.4) is 0 Å². The van der Waals surface area contributed by atoms with Crippen LogP contribution in [0.2, 0.25) is 0 Å². The van der Waals surface area contributed by atoms with Crippen molar-refractivity contribution < 1.29 is 14.3 Å². The van der Waals surface area contributed by atoms with E-state index in [1.54, 1.807) is 6.07 Å². The monoisotopic (exact) mass is 378 g/mol. The Morgan fingerprint density at radius 1 is 0.750 bits per heavy atom. The van der Waals surface area contributed by atoms with Crippen molar-refractivity contribution in [3.05, 3.63) is 83.9 Å². The zero-order chi connectivity index (χ0) is 19.8. The number of nitrogens with one attached hydrogen (secondary N) is 1. The van der Waals surface area contributed by atoms with Gasteiger partial charge in [-0.05, 0) is 38.0 Å². The molecule has 0 spiro atoms. The van der Waals surface area contributed by atoms with E-state index < -0.39 is 0 Å². The van der Waals surface area contributed by atoms with Crippen molar-refractivity contribution >= 4 is 5.69 Å². The Labute approximate surface area is 166 Å². The fourth-order valence-corrected chi connectivity index (χ4v) is 2.36. The second-order valence-electron chi connectivity index (χ2n) is 7.37. The predicted octanol–water partition coefficient (Wildman–Crippen LogP) is 5.38. The van der Waals surface area contributed by atoms with E-state index in [1.165, 1.54) is 0 Å². The van der Waals surface area contributed by atoms with Crippen LogP contribution in [0.15, 0.2) is 72.8 Å². The van der Waals surface area contributed by atoms with Gasteiger partial charge in [-0.25, -0.2) is 0 Å². The molecular formula is C23H26N2O3. The molecule has 0 atom stereocenters. The lowest BCUT2D eigenvalue weighted by Gasteiger charge is -2.21. The summed E-state index contributed by atoms with van der Waals surface area (Å²) in [4.78, 5) is 10.2. The maximum absolute atomic E-state index is 5.95. The fourth-order valence-electron chi connectivity index (χ4n) is 2.36. The molecule has 0 amide bonds. The van der Waals surface area contributed by atoms with Gasteiger partial charge < -0.3 is 9.47 Å². The molecule has 1 heterocycles. The van der Waals surface area contributed by atoms with Crippen LogP contribution in [0.25, 0.3) is 0 Å². The van der Waals surface area contributed by atoms with Crippen LogP contribution in [-0.4, -0.2) is 10.6 Å². The zero-order valence-electron chi connectivity index (χ0n) is 16.5. The molecule has 0 bridgehead atoms. The first kappa shape index (κ1) is 19.7. The molecule has 0 aliphatic heterocycles. The molecule has 3 aromatic rings. The normalized spacial score (nSPS) is 11.1. The minimum absolute atomic E-state index is 0.348. The average molecular weight is 378 g/mol. The highest BCUT2D eigenvalue weighted by atomic mass is 16.7. The van der Waals surface area contributed by atoms with Crippen LogP contribution in [-0.2, 0) is 18.1 Å². The molecule has 0 unspecified atom stereocenters. The molecule has 146 valence electrons. The molecule has 0 aliphatic carbocycles. The highest BCUT2D eigenvalue weighted by Crippen LogP contribution is 2.27. The van der Waals surface area contributed by atoms with E-state index in [9.17, 15) is 0 Å². The van der Waals surface area contributed by atoms with Gasteiger partial charge >= 0.3 is 0 Å². The van der Waals surface area contributed by atoms with Gasteiger partial charge in [-0.3, -0.25) is 10.3 Å². The Bertz CT molecular complexity index is 862. The van der Waals surface area contributed by atoms with Crippen molar-refractivity contribution in [1.82, 2.24) is 4.98 Å². The van der Waals surface area contributed by atoms with Crippen LogP contribution in [0.4, 0.5) is 5.69 Å². The molecule has 0 saturated carbocycles. The average Bonchev–Trinajstić information content (AvgIpc) is 2.70. The molecule has 0 radical (unpaired) electrons. The summed E-state index contributed by atoms with van der Waals surface area (Å²) < 4.78 is 11.8. The van der Waals surface area contributed by atoms with Crippen LogP contribution in [0, 0.1) is 0 Å². The number of hydrogen-bond donors (Lipinski definition) is 1. The Morgan fingerprint density at radius 3 is 1.89 bits per heavy atom. The topological polar surface area (TPSA) is 52.6 Å². The molecule has 1 aromatic heterocycles. The van der Waals surface area contributed by atoms with E-state index in [0.717, 1.165) is 11.1 Å². The molecule has 3 rings (SSSR count). The number of rotatable bonds is 8. The van der Waals surface area contributed by atoms with Crippen molar-refractivity contribution in [2.45, 2.75) is 39.6 Å². The lowest BCUT2D eigenvalue weighted by molar-refractivity contribution is 0.0367. The summed E-state index contributed by atoms with van der Waals surface area (Å²) in [7, 11) is 0. The summed E-state index contributed by atoms with van der Waals surface area (Å²) in [5, 5.41) is 0. The van der Waals surface area contributed by atoms with Gasteiger partial charge in [0, 0.05) is 6.07 Å². The Balaban J connectivity index is 1.73. The van der Waals surface area contributed by atoms with E-state index >= 15 is 0 Å². The Kier molecular flexibility index (Phi) is 6.50. The first-order valence-electron chi connectivity index (χ1n) is 9.28. The highest BCUT2D eigenvalue weighted by molar-refractivity contribution is 5.52. The summed E-state index contributed by atoms with van der Waals surface area (Å²) in [5.41, 5.74) is 5.39. The van der Waals surface area contributed by atoms with Crippen LogP contribution >= 0.6 is 0 Å². The van der Waals surface area contributed by atoms with Gasteiger partial charge in [-0.15, -0.1) is 0 Å².